The average Bonchev–Trinajstić information content (AvgIpc) is 2.80. The lowest BCUT2D eigenvalue weighted by molar-refractivity contribution is -0.157. The molecule has 0 aromatic heterocycles. The van der Waals surface area contributed by atoms with Crippen molar-refractivity contribution in [1.29, 1.82) is 0 Å². The van der Waals surface area contributed by atoms with Crippen LogP contribution in [0.25, 0.3) is 0 Å². The normalized spacial score (nSPS) is 32.8. The fraction of sp³-hybridized carbons (Fsp3) is 0.643. The lowest BCUT2D eigenvalue weighted by Crippen LogP contribution is -2.46. The number of nitrogens with zero attached hydrogens (tertiary/aromatic N) is 2. The summed E-state index contributed by atoms with van der Waals surface area (Å²) in [4.78, 5) is 24.6. The highest BCUT2D eigenvalue weighted by molar-refractivity contribution is 6.09. The minimum absolute atomic E-state index is 0.150. The molecule has 0 aromatic rings. The molecule has 9 nitrogen and oxygen atoms in total. The average molecular weight is 328 g/mol. The Hall–Kier alpha value is -1.97. The molecule has 0 aromatic carbocycles. The second-order valence-corrected chi connectivity index (χ2v) is 5.72. The second-order valence-electron chi connectivity index (χ2n) is 5.72. The molecular formula is C14H20N2O7. The summed E-state index contributed by atoms with van der Waals surface area (Å²) < 4.78 is 10.5. The minimum Gasteiger partial charge on any atom is -0.463 e. The minimum atomic E-state index is -1.35. The van der Waals surface area contributed by atoms with Crippen molar-refractivity contribution in [3.05, 3.63) is 12.3 Å². The Kier molecular flexibility index (Phi) is 5.34. The molecule has 128 valence electrons. The predicted molar refractivity (Wildman–Crippen MR) is 76.3 cm³/mol. The molecule has 1 fully saturated rings. The molecule has 9 heteroatoms. The Balaban J connectivity index is 2.02. The lowest BCUT2D eigenvalue weighted by atomic mass is 10.1. The van der Waals surface area contributed by atoms with Gasteiger partial charge in [-0.1, -0.05) is 19.0 Å². The molecular weight excluding hydrogens is 308 g/mol. The van der Waals surface area contributed by atoms with Crippen LogP contribution in [0.4, 0.5) is 0 Å². The van der Waals surface area contributed by atoms with Gasteiger partial charge in [0.1, 0.15) is 24.9 Å². The van der Waals surface area contributed by atoms with E-state index in [1.807, 2.05) is 0 Å². The number of ether oxygens (including phenoxy) is 2. The number of hydrogen-bond acceptors (Lipinski definition) is 8. The first-order valence-electron chi connectivity index (χ1n) is 7.23. The van der Waals surface area contributed by atoms with Crippen LogP contribution >= 0.6 is 0 Å². The zero-order valence-electron chi connectivity index (χ0n) is 12.8. The van der Waals surface area contributed by atoms with Crippen LogP contribution in [0.1, 0.15) is 20.3 Å². The molecule has 3 N–H and O–H groups in total. The van der Waals surface area contributed by atoms with Crippen molar-refractivity contribution in [3.63, 3.8) is 0 Å². The Morgan fingerprint density at radius 2 is 2.17 bits per heavy atom. The fourth-order valence-electron chi connectivity index (χ4n) is 2.28. The Morgan fingerprint density at radius 1 is 1.48 bits per heavy atom. The number of aliphatic hydroxyl groups excluding tert-OH is 2. The number of amides is 1. The molecule has 23 heavy (non-hydrogen) atoms. The van der Waals surface area contributed by atoms with Crippen LogP contribution in [-0.2, 0) is 19.1 Å². The second kappa shape index (κ2) is 7.07. The molecule has 0 saturated carbocycles. The molecule has 0 aliphatic carbocycles. The molecule has 1 amide bonds. The summed E-state index contributed by atoms with van der Waals surface area (Å²) in [5.74, 6) is -1.22. The van der Waals surface area contributed by atoms with Crippen molar-refractivity contribution in [2.45, 2.75) is 44.8 Å². The molecule has 1 saturated heterocycles. The van der Waals surface area contributed by atoms with E-state index in [1.165, 1.54) is 12.3 Å². The Morgan fingerprint density at radius 3 is 2.74 bits per heavy atom. The van der Waals surface area contributed by atoms with Gasteiger partial charge in [-0.3, -0.25) is 14.5 Å². The molecule has 2 aliphatic heterocycles. The summed E-state index contributed by atoms with van der Waals surface area (Å²) in [7, 11) is 0. The highest BCUT2D eigenvalue weighted by Gasteiger charge is 2.47. The van der Waals surface area contributed by atoms with Gasteiger partial charge in [-0.15, -0.1) is 0 Å². The first-order valence-corrected chi connectivity index (χ1v) is 7.23. The van der Waals surface area contributed by atoms with Gasteiger partial charge in [0.05, 0.1) is 18.1 Å². The van der Waals surface area contributed by atoms with Crippen molar-refractivity contribution in [2.75, 3.05) is 6.61 Å². The van der Waals surface area contributed by atoms with Gasteiger partial charge < -0.3 is 24.9 Å². The molecule has 0 bridgehead atoms. The maximum atomic E-state index is 12.0. The van der Waals surface area contributed by atoms with Crippen LogP contribution < -0.4 is 0 Å². The number of esters is 1. The van der Waals surface area contributed by atoms with Gasteiger partial charge in [0.2, 0.25) is 5.91 Å². The predicted octanol–water partition coefficient (Wildman–Crippen LogP) is -0.791. The van der Waals surface area contributed by atoms with Crippen LogP contribution in [0.2, 0.25) is 0 Å². The quantitative estimate of drug-likeness (QED) is 0.350. The fourth-order valence-corrected chi connectivity index (χ4v) is 2.28. The monoisotopic (exact) mass is 328 g/mol. The number of oxime groups is 1. The molecule has 0 radical (unpaired) electrons. The third kappa shape index (κ3) is 3.69. The van der Waals surface area contributed by atoms with Crippen molar-refractivity contribution in [2.24, 2.45) is 11.1 Å². The third-order valence-electron chi connectivity index (χ3n) is 3.65. The van der Waals surface area contributed by atoms with E-state index in [0.29, 0.717) is 0 Å². The Labute approximate surface area is 132 Å². The van der Waals surface area contributed by atoms with Gasteiger partial charge in [-0.05, 0) is 6.08 Å². The van der Waals surface area contributed by atoms with Crippen LogP contribution in [-0.4, -0.2) is 69.1 Å². The SMILES string of the molecule is CC(C)C(=O)OC[C@H]1O[C@@H](N2C=C/C(=N/O)CC2=O)[C@H](O)[C@@H]1O. The van der Waals surface area contributed by atoms with Crippen LogP contribution in [0, 0.1) is 5.92 Å². The van der Waals surface area contributed by atoms with E-state index in [4.69, 9.17) is 14.7 Å². The summed E-state index contributed by atoms with van der Waals surface area (Å²) in [6.45, 7) is 3.12. The summed E-state index contributed by atoms with van der Waals surface area (Å²) in [5, 5.41) is 31.7. The molecule has 0 unspecified atom stereocenters. The van der Waals surface area contributed by atoms with E-state index in [0.717, 1.165) is 4.90 Å². The zero-order valence-corrected chi connectivity index (χ0v) is 12.8. The maximum absolute atomic E-state index is 12.0. The summed E-state index contributed by atoms with van der Waals surface area (Å²) in [5.41, 5.74) is 0.182. The van der Waals surface area contributed by atoms with E-state index in [1.54, 1.807) is 13.8 Å². The van der Waals surface area contributed by atoms with E-state index < -0.39 is 36.4 Å². The van der Waals surface area contributed by atoms with Gasteiger partial charge in [0.25, 0.3) is 0 Å². The van der Waals surface area contributed by atoms with E-state index in [9.17, 15) is 19.8 Å². The van der Waals surface area contributed by atoms with Crippen LogP contribution in [0.15, 0.2) is 17.4 Å². The largest absolute Gasteiger partial charge is 0.463 e. The van der Waals surface area contributed by atoms with Crippen molar-refractivity contribution < 1.29 is 34.5 Å². The van der Waals surface area contributed by atoms with Gasteiger partial charge >= 0.3 is 5.97 Å². The summed E-state index contributed by atoms with van der Waals surface area (Å²) in [6.07, 6.45) is -2.13. The van der Waals surface area contributed by atoms with Gasteiger partial charge in [-0.25, -0.2) is 0 Å². The van der Waals surface area contributed by atoms with E-state index >= 15 is 0 Å². The number of carbonyl (C=O) groups is 2. The molecule has 4 atom stereocenters. The first-order chi connectivity index (χ1) is 10.8. The first kappa shape index (κ1) is 17.4. The smallest absolute Gasteiger partial charge is 0.308 e. The standard InChI is InChI=1S/C14H20N2O7/c1-7(2)14(20)22-6-9-11(18)12(19)13(23-9)16-4-3-8(15-21)5-10(16)17/h3-4,7,9,11-13,18-19,21H,5-6H2,1-2H3/b15-8-/t9-,11-,12-,13-/m1/s1. The Bertz CT molecular complexity index is 531. The summed E-state index contributed by atoms with van der Waals surface area (Å²) >= 11 is 0. The van der Waals surface area contributed by atoms with Gasteiger partial charge in [0.15, 0.2) is 6.23 Å². The maximum Gasteiger partial charge on any atom is 0.308 e. The lowest BCUT2D eigenvalue weighted by Gasteiger charge is -2.29. The van der Waals surface area contributed by atoms with Crippen LogP contribution in [0.5, 0.6) is 0 Å². The topological polar surface area (TPSA) is 129 Å². The number of aliphatic hydroxyl groups is 2. The van der Waals surface area contributed by atoms with E-state index in [2.05, 4.69) is 5.16 Å². The van der Waals surface area contributed by atoms with Crippen LogP contribution in [0.3, 0.4) is 0 Å². The molecule has 2 heterocycles. The van der Waals surface area contributed by atoms with Gasteiger partial charge in [0, 0.05) is 6.20 Å². The van der Waals surface area contributed by atoms with Crippen molar-refractivity contribution >= 4 is 17.6 Å². The summed E-state index contributed by atoms with van der Waals surface area (Å²) in [6, 6.07) is 0. The number of rotatable bonds is 4. The van der Waals surface area contributed by atoms with Gasteiger partial charge in [-0.2, -0.15) is 0 Å². The van der Waals surface area contributed by atoms with Crippen molar-refractivity contribution in [1.82, 2.24) is 4.90 Å². The molecule has 2 aliphatic rings. The zero-order chi connectivity index (χ0) is 17.1. The van der Waals surface area contributed by atoms with Crippen molar-refractivity contribution in [3.8, 4) is 0 Å². The number of allylic oxidation sites excluding steroid dienone is 1. The van der Waals surface area contributed by atoms with E-state index in [-0.39, 0.29) is 24.7 Å². The number of hydrogen-bond donors (Lipinski definition) is 3. The highest BCUT2D eigenvalue weighted by atomic mass is 16.6. The highest BCUT2D eigenvalue weighted by Crippen LogP contribution is 2.26. The third-order valence-corrected chi connectivity index (χ3v) is 3.65. The molecule has 2 rings (SSSR count). The molecule has 0 spiro atoms. The number of carbonyl (C=O) groups excluding carboxylic acids is 2.